The number of fused-ring (bicyclic) bond motifs is 1. The number of benzene rings is 2. The molecular weight excluding hydrogens is 498 g/mol. The summed E-state index contributed by atoms with van der Waals surface area (Å²) in [5.41, 5.74) is 8.88. The minimum atomic E-state index is -4.13. The molecule has 3 rings (SSSR count). The van der Waals surface area contributed by atoms with Crippen LogP contribution in [0.4, 0.5) is 5.69 Å². The van der Waals surface area contributed by atoms with Crippen LogP contribution in [0, 0.1) is 33.1 Å². The topological polar surface area (TPSA) is 184 Å². The number of nitrogens with two attached hydrogens (primary N) is 1. The number of anilines is 1. The van der Waals surface area contributed by atoms with E-state index in [0.29, 0.717) is 47.5 Å². The Labute approximate surface area is 216 Å². The number of nitrogens with one attached hydrogen (secondary N) is 4. The first-order valence-corrected chi connectivity index (χ1v) is 13.3. The molecule has 2 atom stereocenters. The lowest BCUT2D eigenvalue weighted by Crippen LogP contribution is -2.42. The van der Waals surface area contributed by atoms with Crippen molar-refractivity contribution >= 4 is 33.5 Å². The van der Waals surface area contributed by atoms with Crippen molar-refractivity contribution in [2.45, 2.75) is 64.0 Å². The van der Waals surface area contributed by atoms with Gasteiger partial charge in [0.15, 0.2) is 12.1 Å². The highest BCUT2D eigenvalue weighted by atomic mass is 32.2. The van der Waals surface area contributed by atoms with Gasteiger partial charge >= 0.3 is 5.97 Å². The summed E-state index contributed by atoms with van der Waals surface area (Å²) in [6.07, 6.45) is 0.119. The van der Waals surface area contributed by atoms with Gasteiger partial charge < -0.3 is 26.2 Å². The van der Waals surface area contributed by atoms with Crippen molar-refractivity contribution in [1.29, 1.82) is 5.41 Å². The van der Waals surface area contributed by atoms with Gasteiger partial charge in [-0.15, -0.1) is 0 Å². The molecule has 11 nitrogen and oxygen atoms in total. The first-order valence-electron chi connectivity index (χ1n) is 11.8. The molecule has 1 aliphatic heterocycles. The monoisotopic (exact) mass is 531 g/mol. The number of carbonyl (C=O) groups is 2. The standard InChI is InChI=1S/C25H33N5O6S/c1-13-10-14(2)16(4)22(15(13)3)37(34,35)30-19(24(32)33)12-17-7-8-20-18(11-17)29-23(31)21(36-20)6-5-9-28-25(26)27/h7-8,10-11,19,21,30H,5-6,9,12H2,1-4H3,(H,29,31)(H,32,33)(H4,26,27,28)/t19-,21+/m0/s1. The minimum absolute atomic E-state index is 0.0897. The highest BCUT2D eigenvalue weighted by Crippen LogP contribution is 2.32. The molecule has 0 spiro atoms. The zero-order valence-electron chi connectivity index (χ0n) is 21.3. The predicted molar refractivity (Wildman–Crippen MR) is 139 cm³/mol. The Morgan fingerprint density at radius 2 is 1.84 bits per heavy atom. The molecule has 2 aromatic rings. The molecule has 2 aromatic carbocycles. The summed E-state index contributed by atoms with van der Waals surface area (Å²) in [5.74, 6) is -1.38. The molecular formula is C25H33N5O6S. The molecule has 1 amide bonds. The number of carboxylic acid groups (broad SMARTS) is 1. The number of carboxylic acids is 1. The quantitative estimate of drug-likeness (QED) is 0.152. The lowest BCUT2D eigenvalue weighted by molar-refractivity contribution is -0.139. The van der Waals surface area contributed by atoms with Crippen LogP contribution in [-0.4, -0.2) is 50.1 Å². The van der Waals surface area contributed by atoms with Gasteiger partial charge in [-0.2, -0.15) is 4.72 Å². The number of aryl methyl sites for hydroxylation is 2. The Kier molecular flexibility index (Phi) is 8.44. The molecule has 0 radical (unpaired) electrons. The van der Waals surface area contributed by atoms with Crippen LogP contribution < -0.4 is 25.8 Å². The summed E-state index contributed by atoms with van der Waals surface area (Å²) in [5, 5.41) is 22.4. The number of hydrogen-bond donors (Lipinski definition) is 6. The highest BCUT2D eigenvalue weighted by molar-refractivity contribution is 7.89. The van der Waals surface area contributed by atoms with E-state index in [1.165, 1.54) is 0 Å². The van der Waals surface area contributed by atoms with E-state index in [4.69, 9.17) is 15.9 Å². The van der Waals surface area contributed by atoms with Gasteiger partial charge in [0.25, 0.3) is 5.91 Å². The number of aliphatic carboxylic acids is 1. The third-order valence-electron chi connectivity index (χ3n) is 6.42. The van der Waals surface area contributed by atoms with Crippen LogP contribution in [0.25, 0.3) is 0 Å². The van der Waals surface area contributed by atoms with Crippen LogP contribution in [0.15, 0.2) is 29.2 Å². The number of carbonyl (C=O) groups excluding carboxylic acids is 1. The Hall–Kier alpha value is -3.64. The number of guanidine groups is 1. The molecule has 37 heavy (non-hydrogen) atoms. The molecule has 0 fully saturated rings. The normalized spacial score (nSPS) is 15.8. The largest absolute Gasteiger partial charge is 0.480 e. The van der Waals surface area contributed by atoms with Crippen LogP contribution in [0.1, 0.15) is 40.7 Å². The average molecular weight is 532 g/mol. The van der Waals surface area contributed by atoms with E-state index in [0.717, 1.165) is 11.1 Å². The summed E-state index contributed by atoms with van der Waals surface area (Å²) in [6.45, 7) is 7.46. The number of sulfonamides is 1. The summed E-state index contributed by atoms with van der Waals surface area (Å²) >= 11 is 0. The molecule has 0 bridgehead atoms. The maximum Gasteiger partial charge on any atom is 0.322 e. The van der Waals surface area contributed by atoms with Crippen molar-refractivity contribution in [2.24, 2.45) is 5.73 Å². The maximum atomic E-state index is 13.3. The Morgan fingerprint density at radius 3 is 2.43 bits per heavy atom. The van der Waals surface area contributed by atoms with Crippen molar-refractivity contribution in [2.75, 3.05) is 11.9 Å². The maximum absolute atomic E-state index is 13.3. The summed E-state index contributed by atoms with van der Waals surface area (Å²) < 4.78 is 34.7. The Bertz CT molecular complexity index is 1320. The smallest absolute Gasteiger partial charge is 0.322 e. The van der Waals surface area contributed by atoms with Crippen LogP contribution >= 0.6 is 0 Å². The van der Waals surface area contributed by atoms with Gasteiger partial charge in [-0.1, -0.05) is 12.1 Å². The van der Waals surface area contributed by atoms with Crippen LogP contribution in [0.2, 0.25) is 0 Å². The Balaban J connectivity index is 1.76. The summed E-state index contributed by atoms with van der Waals surface area (Å²) in [7, 11) is -4.13. The van der Waals surface area contributed by atoms with Crippen molar-refractivity contribution in [3.8, 4) is 5.75 Å². The molecule has 0 aliphatic carbocycles. The lowest BCUT2D eigenvalue weighted by atomic mass is 10.0. The van der Waals surface area contributed by atoms with Gasteiger partial charge in [-0.3, -0.25) is 15.0 Å². The van der Waals surface area contributed by atoms with E-state index in [1.54, 1.807) is 32.0 Å². The number of amides is 1. The van der Waals surface area contributed by atoms with Gasteiger partial charge in [0.05, 0.1) is 10.6 Å². The van der Waals surface area contributed by atoms with Crippen LogP contribution in [0.3, 0.4) is 0 Å². The Morgan fingerprint density at radius 1 is 1.19 bits per heavy atom. The van der Waals surface area contributed by atoms with Crippen LogP contribution in [-0.2, 0) is 26.0 Å². The average Bonchev–Trinajstić information content (AvgIpc) is 2.80. The van der Waals surface area contributed by atoms with Gasteiger partial charge in [0.1, 0.15) is 11.8 Å². The van der Waals surface area contributed by atoms with Crippen molar-refractivity contribution in [3.05, 3.63) is 52.1 Å². The van der Waals surface area contributed by atoms with Gasteiger partial charge in [-0.25, -0.2) is 8.42 Å². The summed E-state index contributed by atoms with van der Waals surface area (Å²) in [4.78, 5) is 24.6. The third-order valence-corrected chi connectivity index (χ3v) is 8.17. The molecule has 0 saturated carbocycles. The molecule has 200 valence electrons. The van der Waals surface area contributed by atoms with E-state index in [9.17, 15) is 23.1 Å². The van der Waals surface area contributed by atoms with Crippen molar-refractivity contribution in [3.63, 3.8) is 0 Å². The third kappa shape index (κ3) is 6.57. The second-order valence-corrected chi connectivity index (χ2v) is 10.9. The van der Waals surface area contributed by atoms with Gasteiger partial charge in [-0.05, 0) is 86.9 Å². The van der Waals surface area contributed by atoms with E-state index in [-0.39, 0.29) is 23.2 Å². The zero-order valence-corrected chi connectivity index (χ0v) is 22.1. The van der Waals surface area contributed by atoms with E-state index >= 15 is 0 Å². The second kappa shape index (κ2) is 11.2. The molecule has 7 N–H and O–H groups in total. The molecule has 0 unspecified atom stereocenters. The number of hydrogen-bond acceptors (Lipinski definition) is 6. The molecule has 0 aromatic heterocycles. The second-order valence-electron chi connectivity index (χ2n) is 9.21. The SMILES string of the molecule is Cc1cc(C)c(C)c(S(=O)(=O)N[C@@H](Cc2ccc3c(c2)NC(=O)[C@@H](CCCNC(=N)N)O3)C(=O)O)c1C. The number of ether oxygens (including phenoxy) is 1. The predicted octanol–water partition coefficient (Wildman–Crippen LogP) is 1.86. The van der Waals surface area contributed by atoms with E-state index in [2.05, 4.69) is 15.4 Å². The van der Waals surface area contributed by atoms with E-state index < -0.39 is 28.1 Å². The minimum Gasteiger partial charge on any atom is -0.480 e. The molecule has 1 aliphatic rings. The fourth-order valence-electron chi connectivity index (χ4n) is 4.27. The molecule has 0 saturated heterocycles. The first-order chi connectivity index (χ1) is 17.3. The van der Waals surface area contributed by atoms with Crippen LogP contribution in [0.5, 0.6) is 5.75 Å². The van der Waals surface area contributed by atoms with Crippen molar-refractivity contribution in [1.82, 2.24) is 10.0 Å². The number of rotatable bonds is 10. The zero-order chi connectivity index (χ0) is 27.5. The molecule has 1 heterocycles. The molecule has 12 heteroatoms. The van der Waals surface area contributed by atoms with Gasteiger partial charge in [0, 0.05) is 6.54 Å². The fourth-order valence-corrected chi connectivity index (χ4v) is 6.07. The fraction of sp³-hybridized carbons (Fsp3) is 0.400. The van der Waals surface area contributed by atoms with Crippen molar-refractivity contribution < 1.29 is 27.9 Å². The first kappa shape index (κ1) is 27.9. The van der Waals surface area contributed by atoms with E-state index in [1.807, 2.05) is 19.9 Å². The highest BCUT2D eigenvalue weighted by Gasteiger charge is 2.31. The van der Waals surface area contributed by atoms with Gasteiger partial charge in [0.2, 0.25) is 10.0 Å². The lowest BCUT2D eigenvalue weighted by Gasteiger charge is -2.26. The summed E-state index contributed by atoms with van der Waals surface area (Å²) in [6, 6.07) is 5.32.